The van der Waals surface area contributed by atoms with Crippen molar-refractivity contribution >= 4 is 5.91 Å². The predicted molar refractivity (Wildman–Crippen MR) is 90.9 cm³/mol. The van der Waals surface area contributed by atoms with Crippen molar-refractivity contribution < 1.29 is 14.1 Å². The lowest BCUT2D eigenvalue weighted by Crippen LogP contribution is -2.50. The monoisotopic (exact) mass is 347 g/mol. The summed E-state index contributed by atoms with van der Waals surface area (Å²) in [7, 11) is 1.93. The first-order valence-electron chi connectivity index (χ1n) is 8.61. The van der Waals surface area contributed by atoms with Crippen molar-refractivity contribution in [3.05, 3.63) is 35.5 Å². The number of carbonyl (C=O) groups excluding carboxylic acids is 1. The maximum Gasteiger partial charge on any atom is 0.226 e. The zero-order chi connectivity index (χ0) is 17.8. The molecule has 8 heteroatoms. The summed E-state index contributed by atoms with van der Waals surface area (Å²) in [5.74, 6) is 0.613. The van der Waals surface area contributed by atoms with Crippen LogP contribution in [0.15, 0.2) is 22.9 Å². The molecule has 1 aliphatic heterocycles. The van der Waals surface area contributed by atoms with Crippen molar-refractivity contribution in [2.45, 2.75) is 32.4 Å². The summed E-state index contributed by atoms with van der Waals surface area (Å²) in [4.78, 5) is 14.6. The topological polar surface area (TPSA) is 85.4 Å². The molecule has 0 spiro atoms. The molecule has 0 aliphatic carbocycles. The third-order valence-electron chi connectivity index (χ3n) is 4.54. The molecule has 0 unspecified atom stereocenters. The molecule has 136 valence electrons. The lowest BCUT2D eigenvalue weighted by molar-refractivity contribution is -0.122. The molecule has 0 bridgehead atoms. The van der Waals surface area contributed by atoms with E-state index in [0.717, 1.165) is 18.8 Å². The van der Waals surface area contributed by atoms with Gasteiger partial charge in [0.15, 0.2) is 0 Å². The molecule has 0 radical (unpaired) electrons. The molecule has 1 aliphatic rings. The van der Waals surface area contributed by atoms with Crippen LogP contribution in [0, 0.1) is 6.92 Å². The fraction of sp³-hybridized carbons (Fsp3) is 0.588. The van der Waals surface area contributed by atoms with Crippen molar-refractivity contribution in [1.82, 2.24) is 25.2 Å². The van der Waals surface area contributed by atoms with E-state index in [0.29, 0.717) is 24.6 Å². The second-order valence-corrected chi connectivity index (χ2v) is 6.27. The van der Waals surface area contributed by atoms with Gasteiger partial charge in [0.2, 0.25) is 5.91 Å². The molecule has 1 amide bonds. The molecule has 3 rings (SSSR count). The minimum Gasteiger partial charge on any atom is -0.373 e. The second kappa shape index (κ2) is 7.79. The van der Waals surface area contributed by atoms with Crippen LogP contribution in [0.5, 0.6) is 0 Å². The van der Waals surface area contributed by atoms with E-state index in [1.807, 2.05) is 24.7 Å². The summed E-state index contributed by atoms with van der Waals surface area (Å²) in [5, 5.41) is 11.1. The smallest absolute Gasteiger partial charge is 0.226 e. The highest BCUT2D eigenvalue weighted by Crippen LogP contribution is 2.28. The van der Waals surface area contributed by atoms with Crippen LogP contribution in [-0.4, -0.2) is 58.1 Å². The van der Waals surface area contributed by atoms with E-state index in [1.165, 1.54) is 0 Å². The van der Waals surface area contributed by atoms with E-state index in [-0.39, 0.29) is 24.5 Å². The minimum absolute atomic E-state index is 0.0702. The van der Waals surface area contributed by atoms with Gasteiger partial charge in [0.1, 0.15) is 5.76 Å². The lowest BCUT2D eigenvalue weighted by atomic mass is 10.0. The highest BCUT2D eigenvalue weighted by atomic mass is 16.5. The highest BCUT2D eigenvalue weighted by molar-refractivity contribution is 5.78. The molecule has 25 heavy (non-hydrogen) atoms. The maximum absolute atomic E-state index is 12.2. The van der Waals surface area contributed by atoms with Gasteiger partial charge in [-0.2, -0.15) is 5.10 Å². The highest BCUT2D eigenvalue weighted by Gasteiger charge is 2.34. The molecule has 1 N–H and O–H groups in total. The van der Waals surface area contributed by atoms with Crippen LogP contribution in [0.3, 0.4) is 0 Å². The van der Waals surface area contributed by atoms with Gasteiger partial charge < -0.3 is 14.6 Å². The Morgan fingerprint density at radius 2 is 2.32 bits per heavy atom. The van der Waals surface area contributed by atoms with Gasteiger partial charge in [-0.3, -0.25) is 14.4 Å². The Hall–Kier alpha value is -2.19. The number of rotatable bonds is 6. The Labute approximate surface area is 147 Å². The van der Waals surface area contributed by atoms with Crippen LogP contribution in [0.25, 0.3) is 0 Å². The molecule has 2 aromatic rings. The normalized spacial score (nSPS) is 21.4. The summed E-state index contributed by atoms with van der Waals surface area (Å²) in [6.07, 6.45) is 1.88. The van der Waals surface area contributed by atoms with Gasteiger partial charge in [-0.1, -0.05) is 12.1 Å². The SMILES string of the molecule is CCN1CCO[C@@H](CNC(=O)Cc2cc(C)on2)[C@@H]1c1ccnn1C. The number of nitrogens with zero attached hydrogens (tertiary/aromatic N) is 4. The van der Waals surface area contributed by atoms with E-state index in [1.54, 1.807) is 12.3 Å². The van der Waals surface area contributed by atoms with E-state index >= 15 is 0 Å². The Morgan fingerprint density at radius 1 is 1.48 bits per heavy atom. The van der Waals surface area contributed by atoms with E-state index in [4.69, 9.17) is 9.26 Å². The number of hydrogen-bond donors (Lipinski definition) is 1. The summed E-state index contributed by atoms with van der Waals surface area (Å²) in [6, 6.07) is 3.85. The van der Waals surface area contributed by atoms with Gasteiger partial charge in [-0.25, -0.2) is 0 Å². The van der Waals surface area contributed by atoms with Crippen LogP contribution in [-0.2, 0) is 23.0 Å². The fourth-order valence-electron chi connectivity index (χ4n) is 3.31. The van der Waals surface area contributed by atoms with Crippen LogP contribution >= 0.6 is 0 Å². The zero-order valence-corrected chi connectivity index (χ0v) is 14.9. The third kappa shape index (κ3) is 4.08. The molecule has 1 fully saturated rings. The van der Waals surface area contributed by atoms with Crippen LogP contribution in [0.1, 0.15) is 30.1 Å². The summed E-state index contributed by atoms with van der Waals surface area (Å²) in [6.45, 7) is 6.84. The van der Waals surface area contributed by atoms with Crippen LogP contribution < -0.4 is 5.32 Å². The van der Waals surface area contributed by atoms with E-state index < -0.39 is 0 Å². The molecule has 2 atom stereocenters. The summed E-state index contributed by atoms with van der Waals surface area (Å²) >= 11 is 0. The molecular weight excluding hydrogens is 322 g/mol. The minimum atomic E-state index is -0.118. The number of morpholine rings is 1. The number of likely N-dealkylation sites (N-methyl/N-ethyl adjacent to an activating group) is 1. The number of amides is 1. The van der Waals surface area contributed by atoms with Crippen molar-refractivity contribution in [2.24, 2.45) is 7.05 Å². The van der Waals surface area contributed by atoms with Gasteiger partial charge >= 0.3 is 0 Å². The van der Waals surface area contributed by atoms with Gasteiger partial charge in [0, 0.05) is 32.4 Å². The number of aryl methyl sites for hydroxylation is 2. The van der Waals surface area contributed by atoms with Gasteiger partial charge in [0.05, 0.1) is 36.6 Å². The van der Waals surface area contributed by atoms with Crippen molar-refractivity contribution in [1.29, 1.82) is 0 Å². The van der Waals surface area contributed by atoms with Gasteiger partial charge in [-0.05, 0) is 19.5 Å². The Bertz CT molecular complexity index is 711. The fourth-order valence-corrected chi connectivity index (χ4v) is 3.31. The first kappa shape index (κ1) is 17.6. The number of aromatic nitrogens is 3. The summed E-state index contributed by atoms with van der Waals surface area (Å²) in [5.41, 5.74) is 1.73. The van der Waals surface area contributed by atoms with E-state index in [2.05, 4.69) is 27.4 Å². The Balaban J connectivity index is 1.64. The average Bonchev–Trinajstić information content (AvgIpc) is 3.20. The molecular formula is C17H25N5O3. The molecule has 3 heterocycles. The predicted octanol–water partition coefficient (Wildman–Crippen LogP) is 0.837. The summed E-state index contributed by atoms with van der Waals surface area (Å²) < 4.78 is 12.8. The second-order valence-electron chi connectivity index (χ2n) is 6.27. The average molecular weight is 347 g/mol. The first-order valence-corrected chi connectivity index (χ1v) is 8.61. The number of ether oxygens (including phenoxy) is 1. The Morgan fingerprint density at radius 3 is 2.96 bits per heavy atom. The van der Waals surface area contributed by atoms with Crippen molar-refractivity contribution in [3.63, 3.8) is 0 Å². The number of nitrogens with one attached hydrogen (secondary N) is 1. The lowest BCUT2D eigenvalue weighted by Gasteiger charge is -2.40. The molecule has 1 saturated heterocycles. The molecule has 8 nitrogen and oxygen atoms in total. The largest absolute Gasteiger partial charge is 0.373 e. The molecule has 0 saturated carbocycles. The van der Waals surface area contributed by atoms with E-state index in [9.17, 15) is 4.79 Å². The van der Waals surface area contributed by atoms with Crippen LogP contribution in [0.2, 0.25) is 0 Å². The molecule has 2 aromatic heterocycles. The first-order chi connectivity index (χ1) is 12.1. The Kier molecular flexibility index (Phi) is 5.50. The molecule has 0 aromatic carbocycles. The van der Waals surface area contributed by atoms with Crippen molar-refractivity contribution in [3.8, 4) is 0 Å². The maximum atomic E-state index is 12.2. The number of carbonyl (C=O) groups is 1. The quantitative estimate of drug-likeness (QED) is 0.833. The van der Waals surface area contributed by atoms with Gasteiger partial charge in [-0.15, -0.1) is 0 Å². The standard InChI is InChI=1S/C17H25N5O3/c1-4-22-7-8-24-15(17(22)14-5-6-19-21(14)3)11-18-16(23)10-13-9-12(2)25-20-13/h5-6,9,15,17H,4,7-8,10-11H2,1-3H3,(H,18,23)/t15-,17-/m0/s1. The van der Waals surface area contributed by atoms with Gasteiger partial charge in [0.25, 0.3) is 0 Å². The van der Waals surface area contributed by atoms with Crippen LogP contribution in [0.4, 0.5) is 0 Å². The third-order valence-corrected chi connectivity index (χ3v) is 4.54. The zero-order valence-electron chi connectivity index (χ0n) is 14.9. The van der Waals surface area contributed by atoms with Crippen molar-refractivity contribution in [2.75, 3.05) is 26.2 Å². The number of hydrogen-bond acceptors (Lipinski definition) is 6.